The average Bonchev–Trinajstić information content (AvgIpc) is 3.36. The molecule has 2 amide bonds. The van der Waals surface area contributed by atoms with Crippen molar-refractivity contribution in [3.05, 3.63) is 124 Å². The first-order valence-corrected chi connectivity index (χ1v) is 14.0. The molecule has 0 bridgehead atoms. The minimum absolute atomic E-state index is 0.269. The molecule has 1 atom stereocenters. The van der Waals surface area contributed by atoms with Gasteiger partial charge < -0.3 is 10.2 Å². The largest absolute Gasteiger partial charge is 0.322 e. The van der Waals surface area contributed by atoms with E-state index in [4.69, 9.17) is 11.6 Å². The van der Waals surface area contributed by atoms with E-state index in [1.807, 2.05) is 36.4 Å². The number of amides is 2. The highest BCUT2D eigenvalue weighted by atomic mass is 79.9. The number of carbonyl (C=O) groups is 2. The van der Waals surface area contributed by atoms with Gasteiger partial charge in [-0.25, -0.2) is 4.99 Å². The number of anilines is 2. The van der Waals surface area contributed by atoms with Crippen molar-refractivity contribution in [3.63, 3.8) is 0 Å². The van der Waals surface area contributed by atoms with Crippen LogP contribution in [0.3, 0.4) is 0 Å². The third-order valence-electron chi connectivity index (χ3n) is 6.79. The van der Waals surface area contributed by atoms with Crippen LogP contribution in [0.15, 0.2) is 98.3 Å². The maximum Gasteiger partial charge on any atom is 0.271 e. The van der Waals surface area contributed by atoms with Crippen molar-refractivity contribution >= 4 is 67.6 Å². The highest BCUT2D eigenvalue weighted by Crippen LogP contribution is 2.36. The molecule has 0 aliphatic carbocycles. The van der Waals surface area contributed by atoms with Gasteiger partial charge in [0.2, 0.25) is 0 Å². The van der Waals surface area contributed by atoms with Crippen molar-refractivity contribution in [1.29, 1.82) is 0 Å². The van der Waals surface area contributed by atoms with E-state index in [9.17, 15) is 14.4 Å². The molecule has 7 nitrogen and oxygen atoms in total. The Kier molecular flexibility index (Phi) is 6.37. The molecule has 1 N–H and O–H groups in total. The van der Waals surface area contributed by atoms with Crippen molar-refractivity contribution in [1.82, 2.24) is 4.57 Å². The van der Waals surface area contributed by atoms with Gasteiger partial charge in [0.15, 0.2) is 4.80 Å². The number of fused-ring (bicyclic) bond motifs is 2. The van der Waals surface area contributed by atoms with Crippen LogP contribution in [0.25, 0.3) is 5.57 Å². The average molecular weight is 620 g/mol. The second-order valence-electron chi connectivity index (χ2n) is 9.17. The number of nitrogens with one attached hydrogen (secondary N) is 1. The predicted octanol–water partition coefficient (Wildman–Crippen LogP) is 4.64. The monoisotopic (exact) mass is 618 g/mol. The Morgan fingerprint density at radius 3 is 2.49 bits per heavy atom. The molecule has 6 rings (SSSR count). The summed E-state index contributed by atoms with van der Waals surface area (Å²) in [5.41, 5.74) is 3.47. The molecule has 3 aromatic carbocycles. The Balaban J connectivity index is 1.60. The molecule has 3 heterocycles. The molecular weight excluding hydrogens is 600 g/mol. The lowest BCUT2D eigenvalue weighted by Gasteiger charge is -2.25. The molecule has 194 valence electrons. The van der Waals surface area contributed by atoms with Crippen LogP contribution in [0, 0.1) is 0 Å². The minimum atomic E-state index is -0.771. The van der Waals surface area contributed by atoms with Crippen LogP contribution in [-0.2, 0) is 9.59 Å². The minimum Gasteiger partial charge on any atom is -0.322 e. The van der Waals surface area contributed by atoms with Gasteiger partial charge in [-0.15, -0.1) is 0 Å². The number of para-hydroxylation sites is 1. The van der Waals surface area contributed by atoms with Crippen LogP contribution in [0.4, 0.5) is 11.4 Å². The number of carbonyl (C=O) groups excluding carboxylic acids is 2. The molecule has 0 unspecified atom stereocenters. The fraction of sp³-hybridized carbons (Fsp3) is 0.103. The van der Waals surface area contributed by atoms with Gasteiger partial charge in [0.1, 0.15) is 4.53 Å². The highest BCUT2D eigenvalue weighted by Gasteiger charge is 2.36. The smallest absolute Gasteiger partial charge is 0.271 e. The van der Waals surface area contributed by atoms with E-state index in [1.165, 1.54) is 9.47 Å². The predicted molar refractivity (Wildman–Crippen MR) is 157 cm³/mol. The standard InChI is InChI=1S/C29H20BrClN4O3S/c1-15-22(26(36)33-19-6-4-3-5-7-19)24(16-8-11-18(31)12-9-16)35-28(38)25(39-29(35)32-15)23-20-14-17(30)10-13-21(20)34(2)27(23)37/h3-14,24H,1-2H3,(H,33,36)/b25-23-/t24-/m0/s1. The zero-order valence-electron chi connectivity index (χ0n) is 20.7. The first kappa shape index (κ1) is 25.5. The van der Waals surface area contributed by atoms with Gasteiger partial charge in [-0.1, -0.05) is 69.2 Å². The van der Waals surface area contributed by atoms with E-state index < -0.39 is 6.04 Å². The van der Waals surface area contributed by atoms with Crippen LogP contribution in [0.1, 0.15) is 24.1 Å². The SMILES string of the molecule is CC1=C(C(=O)Nc2ccccc2)[C@H](c2ccc(Cl)cc2)n2c(s/c(=C3\C(=O)N(C)c4ccc(Br)cc43)c2=O)=N1. The summed E-state index contributed by atoms with van der Waals surface area (Å²) in [5.74, 6) is -0.638. The van der Waals surface area contributed by atoms with Crippen molar-refractivity contribution in [2.24, 2.45) is 4.99 Å². The van der Waals surface area contributed by atoms with Gasteiger partial charge in [-0.3, -0.25) is 19.0 Å². The Morgan fingerprint density at radius 2 is 1.77 bits per heavy atom. The molecular formula is C29H20BrClN4O3S. The molecule has 0 saturated heterocycles. The number of hydrogen-bond acceptors (Lipinski definition) is 5. The third kappa shape index (κ3) is 4.27. The van der Waals surface area contributed by atoms with E-state index in [0.717, 1.165) is 21.5 Å². The molecule has 0 spiro atoms. The molecule has 10 heteroatoms. The van der Waals surface area contributed by atoms with E-state index in [1.54, 1.807) is 50.4 Å². The summed E-state index contributed by atoms with van der Waals surface area (Å²) in [7, 11) is 1.69. The summed E-state index contributed by atoms with van der Waals surface area (Å²) in [6, 6.07) is 20.9. The molecule has 2 aliphatic rings. The maximum absolute atomic E-state index is 14.2. The second-order valence-corrected chi connectivity index (χ2v) is 11.5. The van der Waals surface area contributed by atoms with Crippen molar-refractivity contribution in [3.8, 4) is 0 Å². The van der Waals surface area contributed by atoms with Crippen LogP contribution < -0.4 is 25.1 Å². The summed E-state index contributed by atoms with van der Waals surface area (Å²) in [6.07, 6.45) is 0. The molecule has 0 saturated carbocycles. The number of allylic oxidation sites excluding steroid dienone is 1. The van der Waals surface area contributed by atoms with Gasteiger partial charge in [-0.05, 0) is 55.0 Å². The lowest BCUT2D eigenvalue weighted by Crippen LogP contribution is -2.41. The number of halogens is 2. The Labute approximate surface area is 240 Å². The maximum atomic E-state index is 14.2. The van der Waals surface area contributed by atoms with E-state index in [0.29, 0.717) is 43.5 Å². The fourth-order valence-electron chi connectivity index (χ4n) is 4.96. The Bertz CT molecular complexity index is 1900. The van der Waals surface area contributed by atoms with E-state index in [2.05, 4.69) is 26.2 Å². The number of hydrogen-bond donors (Lipinski definition) is 1. The van der Waals surface area contributed by atoms with E-state index >= 15 is 0 Å². The van der Waals surface area contributed by atoms with Gasteiger partial charge in [0.05, 0.1) is 28.6 Å². The zero-order valence-corrected chi connectivity index (χ0v) is 23.9. The summed E-state index contributed by atoms with van der Waals surface area (Å²) >= 11 is 10.8. The topological polar surface area (TPSA) is 83.8 Å². The summed E-state index contributed by atoms with van der Waals surface area (Å²) in [6.45, 7) is 1.75. The summed E-state index contributed by atoms with van der Waals surface area (Å²) < 4.78 is 2.58. The van der Waals surface area contributed by atoms with Crippen LogP contribution in [0.2, 0.25) is 5.02 Å². The van der Waals surface area contributed by atoms with Crippen molar-refractivity contribution in [2.75, 3.05) is 17.3 Å². The van der Waals surface area contributed by atoms with Crippen molar-refractivity contribution < 1.29 is 9.59 Å². The third-order valence-corrected chi connectivity index (χ3v) is 8.59. The summed E-state index contributed by atoms with van der Waals surface area (Å²) in [4.78, 5) is 47.8. The summed E-state index contributed by atoms with van der Waals surface area (Å²) in [5, 5.41) is 3.46. The first-order chi connectivity index (χ1) is 18.7. The lowest BCUT2D eigenvalue weighted by molar-refractivity contribution is -0.113. The molecule has 4 aromatic rings. The molecule has 0 fully saturated rings. The number of aromatic nitrogens is 1. The first-order valence-electron chi connectivity index (χ1n) is 12.0. The molecule has 0 radical (unpaired) electrons. The number of nitrogens with zero attached hydrogens (tertiary/aromatic N) is 3. The zero-order chi connectivity index (χ0) is 27.4. The number of thiazole rings is 1. The fourth-order valence-corrected chi connectivity index (χ4v) is 6.58. The lowest BCUT2D eigenvalue weighted by atomic mass is 9.95. The van der Waals surface area contributed by atoms with E-state index in [-0.39, 0.29) is 21.9 Å². The van der Waals surface area contributed by atoms with Gasteiger partial charge in [0, 0.05) is 27.8 Å². The molecule has 2 aliphatic heterocycles. The Hall–Kier alpha value is -3.79. The van der Waals surface area contributed by atoms with Crippen molar-refractivity contribution in [2.45, 2.75) is 13.0 Å². The highest BCUT2D eigenvalue weighted by molar-refractivity contribution is 9.10. The number of rotatable bonds is 3. The second kappa shape index (κ2) is 9.75. The van der Waals surface area contributed by atoms with Crippen LogP contribution in [0.5, 0.6) is 0 Å². The van der Waals surface area contributed by atoms with Crippen LogP contribution >= 0.6 is 38.9 Å². The van der Waals surface area contributed by atoms with Crippen LogP contribution in [-0.4, -0.2) is 23.4 Å². The van der Waals surface area contributed by atoms with Gasteiger partial charge >= 0.3 is 0 Å². The quantitative estimate of drug-likeness (QED) is 0.363. The van der Waals surface area contributed by atoms with Gasteiger partial charge in [0.25, 0.3) is 17.4 Å². The Morgan fingerprint density at radius 1 is 1.05 bits per heavy atom. The molecule has 1 aromatic heterocycles. The normalized spacial score (nSPS) is 17.6. The number of benzene rings is 3. The molecule has 39 heavy (non-hydrogen) atoms. The van der Waals surface area contributed by atoms with Gasteiger partial charge in [-0.2, -0.15) is 0 Å². The number of likely N-dealkylation sites (N-methyl/N-ethyl adjacent to an activating group) is 1.